The fraction of sp³-hybridized carbons (Fsp3) is 0.368. The maximum absolute atomic E-state index is 13.4. The Balaban J connectivity index is 1.92. The summed E-state index contributed by atoms with van der Waals surface area (Å²) >= 11 is 12.4. The lowest BCUT2D eigenvalue weighted by atomic mass is 10.0. The van der Waals surface area contributed by atoms with E-state index in [4.69, 9.17) is 23.2 Å². The van der Waals surface area contributed by atoms with Crippen LogP contribution in [0.5, 0.6) is 0 Å². The van der Waals surface area contributed by atoms with Crippen molar-refractivity contribution in [1.29, 1.82) is 0 Å². The van der Waals surface area contributed by atoms with Gasteiger partial charge in [0.05, 0.1) is 0 Å². The first-order chi connectivity index (χ1) is 10.9. The Morgan fingerprint density at radius 1 is 0.957 bits per heavy atom. The normalized spacial score (nSPS) is 15.0. The minimum Gasteiger partial charge on any atom is -0.369 e. The molecule has 0 aliphatic heterocycles. The Morgan fingerprint density at radius 2 is 1.52 bits per heavy atom. The van der Waals surface area contributed by atoms with Gasteiger partial charge in [0.25, 0.3) is 0 Å². The van der Waals surface area contributed by atoms with Crippen LogP contribution < -0.4 is 4.90 Å². The third kappa shape index (κ3) is 3.64. The average Bonchev–Trinajstić information content (AvgIpc) is 2.81. The summed E-state index contributed by atoms with van der Waals surface area (Å²) in [6.45, 7) is 5.47. The minimum atomic E-state index is -0.176. The Bertz CT molecular complexity index is 703. The zero-order chi connectivity index (χ0) is 16.6. The summed E-state index contributed by atoms with van der Waals surface area (Å²) in [5.41, 5.74) is 5.74. The van der Waals surface area contributed by atoms with E-state index in [0.29, 0.717) is 0 Å². The van der Waals surface area contributed by atoms with Gasteiger partial charge in [0, 0.05) is 29.5 Å². The van der Waals surface area contributed by atoms with E-state index < -0.39 is 0 Å². The molecular formula is C19H20Cl2FN. The molecule has 0 saturated heterocycles. The van der Waals surface area contributed by atoms with Crippen LogP contribution in [-0.2, 0) is 6.42 Å². The molecule has 0 N–H and O–H groups in total. The molecule has 1 nitrogen and oxygen atoms in total. The molecule has 0 radical (unpaired) electrons. The lowest BCUT2D eigenvalue weighted by molar-refractivity contribution is 0.626. The maximum Gasteiger partial charge on any atom is 0.123 e. The van der Waals surface area contributed by atoms with E-state index >= 15 is 0 Å². The molecule has 0 amide bonds. The minimum absolute atomic E-state index is 0.0463. The number of benzene rings is 2. The van der Waals surface area contributed by atoms with Crippen LogP contribution in [0.25, 0.3) is 11.1 Å². The van der Waals surface area contributed by atoms with E-state index in [1.54, 1.807) is 6.07 Å². The van der Waals surface area contributed by atoms with Crippen LogP contribution in [0.3, 0.4) is 0 Å². The van der Waals surface area contributed by atoms with E-state index in [0.717, 1.165) is 36.3 Å². The van der Waals surface area contributed by atoms with E-state index in [1.807, 2.05) is 19.9 Å². The molecule has 0 saturated carbocycles. The summed E-state index contributed by atoms with van der Waals surface area (Å²) < 4.78 is 13.4. The van der Waals surface area contributed by atoms with Crippen molar-refractivity contribution in [2.24, 2.45) is 0 Å². The predicted molar refractivity (Wildman–Crippen MR) is 97.5 cm³/mol. The van der Waals surface area contributed by atoms with E-state index in [1.165, 1.54) is 17.2 Å². The summed E-state index contributed by atoms with van der Waals surface area (Å²) in [5, 5.41) is 0.0925. The van der Waals surface area contributed by atoms with Crippen LogP contribution in [0, 0.1) is 5.82 Å². The lowest BCUT2D eigenvalue weighted by Crippen LogP contribution is -2.33. The molecule has 23 heavy (non-hydrogen) atoms. The van der Waals surface area contributed by atoms with Crippen molar-refractivity contribution in [2.45, 2.75) is 31.0 Å². The molecule has 4 heteroatoms. The van der Waals surface area contributed by atoms with Crippen molar-refractivity contribution >= 4 is 28.9 Å². The fourth-order valence-corrected chi connectivity index (χ4v) is 3.59. The molecular weight excluding hydrogens is 332 g/mol. The highest BCUT2D eigenvalue weighted by atomic mass is 35.5. The van der Waals surface area contributed by atoms with Crippen molar-refractivity contribution < 1.29 is 4.39 Å². The molecule has 1 aliphatic carbocycles. The average molecular weight is 352 g/mol. The van der Waals surface area contributed by atoms with Crippen molar-refractivity contribution in [3.8, 4) is 11.1 Å². The van der Waals surface area contributed by atoms with Gasteiger partial charge in [-0.05, 0) is 66.8 Å². The molecule has 2 aromatic rings. The number of hydrogen-bond donors (Lipinski definition) is 0. The topological polar surface area (TPSA) is 3.24 Å². The number of alkyl halides is 2. The highest BCUT2D eigenvalue weighted by Crippen LogP contribution is 2.38. The molecule has 0 aromatic heterocycles. The van der Waals surface area contributed by atoms with Gasteiger partial charge in [-0.15, -0.1) is 23.2 Å². The van der Waals surface area contributed by atoms with Crippen molar-refractivity contribution in [2.75, 3.05) is 18.0 Å². The number of nitrogens with zero attached hydrogens (tertiary/aromatic N) is 1. The summed E-state index contributed by atoms with van der Waals surface area (Å²) in [4.78, 5) is 2.22. The first kappa shape index (κ1) is 16.6. The van der Waals surface area contributed by atoms with Gasteiger partial charge < -0.3 is 4.90 Å². The van der Waals surface area contributed by atoms with E-state index in [2.05, 4.69) is 23.1 Å². The van der Waals surface area contributed by atoms with Gasteiger partial charge in [-0.2, -0.15) is 0 Å². The summed E-state index contributed by atoms with van der Waals surface area (Å²) in [6.07, 6.45) is 0.775. The molecule has 3 rings (SSSR count). The van der Waals surface area contributed by atoms with Crippen LogP contribution in [0.2, 0.25) is 0 Å². The van der Waals surface area contributed by atoms with Crippen LogP contribution in [0.1, 0.15) is 25.0 Å². The molecule has 0 spiro atoms. The fourth-order valence-electron chi connectivity index (χ4n) is 3.26. The predicted octanol–water partition coefficient (Wildman–Crippen LogP) is 5.46. The quantitative estimate of drug-likeness (QED) is 0.551. The highest BCUT2D eigenvalue weighted by molar-refractivity contribution is 6.21. The molecule has 2 aromatic carbocycles. The Labute approximate surface area is 147 Å². The van der Waals surface area contributed by atoms with E-state index in [9.17, 15) is 4.39 Å². The first-order valence-corrected chi connectivity index (χ1v) is 8.76. The Morgan fingerprint density at radius 3 is 2.13 bits per heavy atom. The summed E-state index contributed by atoms with van der Waals surface area (Å²) in [7, 11) is 0. The van der Waals surface area contributed by atoms with Gasteiger partial charge in [0.1, 0.15) is 5.82 Å². The van der Waals surface area contributed by atoms with Crippen molar-refractivity contribution in [3.63, 3.8) is 0 Å². The highest BCUT2D eigenvalue weighted by Gasteiger charge is 2.21. The van der Waals surface area contributed by atoms with Crippen LogP contribution in [0.15, 0.2) is 36.4 Å². The van der Waals surface area contributed by atoms with Gasteiger partial charge >= 0.3 is 0 Å². The van der Waals surface area contributed by atoms with E-state index in [-0.39, 0.29) is 16.6 Å². The number of rotatable bonds is 5. The molecule has 0 heterocycles. The molecule has 2 atom stereocenters. The van der Waals surface area contributed by atoms with Gasteiger partial charge in [-0.3, -0.25) is 0 Å². The zero-order valence-corrected chi connectivity index (χ0v) is 14.8. The number of hydrogen-bond acceptors (Lipinski definition) is 1. The van der Waals surface area contributed by atoms with Crippen molar-refractivity contribution in [1.82, 2.24) is 0 Å². The monoisotopic (exact) mass is 351 g/mol. The second-order valence-electron chi connectivity index (χ2n) is 6.29. The maximum atomic E-state index is 13.4. The molecule has 1 aliphatic rings. The summed E-state index contributed by atoms with van der Waals surface area (Å²) in [6, 6.07) is 11.4. The standard InChI is InChI=1S/C19H20Cl2FN/c1-12(20)10-23(11-13(2)21)17-4-6-19-15(9-17)7-14-8-16(22)3-5-18(14)19/h3-6,8-9,12-13H,7,10-11H2,1-2H3/t12-,13-/m0/s1. The molecule has 122 valence electrons. The molecule has 0 bridgehead atoms. The Kier molecular flexibility index (Phi) is 4.84. The molecule has 0 fully saturated rings. The SMILES string of the molecule is C[C@H](Cl)CN(C[C@H](C)Cl)c1ccc2c(c1)Cc1cc(F)ccc1-2. The van der Waals surface area contributed by atoms with Gasteiger partial charge in [0.2, 0.25) is 0 Å². The van der Waals surface area contributed by atoms with Crippen LogP contribution in [-0.4, -0.2) is 23.8 Å². The lowest BCUT2D eigenvalue weighted by Gasteiger charge is -2.27. The summed E-state index contributed by atoms with van der Waals surface area (Å²) in [5.74, 6) is -0.176. The Hall–Kier alpha value is -1.25. The number of anilines is 1. The number of fused-ring (bicyclic) bond motifs is 3. The van der Waals surface area contributed by atoms with Crippen LogP contribution >= 0.6 is 23.2 Å². The first-order valence-electron chi connectivity index (χ1n) is 7.89. The molecule has 0 unspecified atom stereocenters. The van der Waals surface area contributed by atoms with Gasteiger partial charge in [-0.25, -0.2) is 4.39 Å². The smallest absolute Gasteiger partial charge is 0.123 e. The van der Waals surface area contributed by atoms with Crippen molar-refractivity contribution in [3.05, 3.63) is 53.3 Å². The second-order valence-corrected chi connectivity index (χ2v) is 7.78. The van der Waals surface area contributed by atoms with Crippen LogP contribution in [0.4, 0.5) is 10.1 Å². The third-order valence-electron chi connectivity index (χ3n) is 4.14. The second kappa shape index (κ2) is 6.70. The largest absolute Gasteiger partial charge is 0.369 e. The third-order valence-corrected chi connectivity index (χ3v) is 4.41. The number of halogens is 3. The zero-order valence-electron chi connectivity index (χ0n) is 13.3. The van der Waals surface area contributed by atoms with Gasteiger partial charge in [-0.1, -0.05) is 12.1 Å². The van der Waals surface area contributed by atoms with Gasteiger partial charge in [0.15, 0.2) is 0 Å².